The third-order valence-corrected chi connectivity index (χ3v) is 6.64. The Hall–Kier alpha value is -1.96. The molecule has 2 aliphatic rings. The number of aliphatic hydroxyl groups excluding tert-OH is 1. The molecule has 4 rings (SSSR count). The Labute approximate surface area is 180 Å². The van der Waals surface area contributed by atoms with Crippen LogP contribution in [0, 0.1) is 5.82 Å². The summed E-state index contributed by atoms with van der Waals surface area (Å²) < 4.78 is 51.4. The Morgan fingerprint density at radius 3 is 2.13 bits per heavy atom. The smallest absolute Gasteiger partial charge is 0.390 e. The third-order valence-electron chi connectivity index (χ3n) is 6.64. The molecule has 2 saturated heterocycles. The van der Waals surface area contributed by atoms with E-state index in [0.717, 1.165) is 36.1 Å². The molecule has 0 aromatic heterocycles. The molecule has 2 aromatic carbocycles. The zero-order chi connectivity index (χ0) is 22.0. The number of halogens is 4. The summed E-state index contributed by atoms with van der Waals surface area (Å²) in [7, 11) is 0. The van der Waals surface area contributed by atoms with Gasteiger partial charge < -0.3 is 10.0 Å². The predicted molar refractivity (Wildman–Crippen MR) is 112 cm³/mol. The van der Waals surface area contributed by atoms with Gasteiger partial charge in [0.2, 0.25) is 0 Å². The lowest BCUT2D eigenvalue weighted by Gasteiger charge is -2.57. The molecule has 0 bridgehead atoms. The summed E-state index contributed by atoms with van der Waals surface area (Å²) in [5.41, 5.74) is 2.98. The minimum atomic E-state index is -4.15. The van der Waals surface area contributed by atoms with E-state index in [9.17, 15) is 22.7 Å². The van der Waals surface area contributed by atoms with Crippen LogP contribution in [0.4, 0.5) is 17.6 Å². The fourth-order valence-corrected chi connectivity index (χ4v) is 5.04. The quantitative estimate of drug-likeness (QED) is 0.690. The first kappa shape index (κ1) is 22.2. The molecule has 0 spiro atoms. The Morgan fingerprint density at radius 2 is 1.52 bits per heavy atom. The van der Waals surface area contributed by atoms with E-state index in [1.807, 2.05) is 29.2 Å². The van der Waals surface area contributed by atoms with Crippen molar-refractivity contribution in [3.8, 4) is 11.1 Å². The van der Waals surface area contributed by atoms with Crippen molar-refractivity contribution in [2.24, 2.45) is 0 Å². The SMILES string of the molecule is OC[C@@H]1[C@@H](c2ccc(-c3ccc(F)cc3)cc2)[C@@H]2CN(CCC(F)(F)F)CCCCN12. The van der Waals surface area contributed by atoms with E-state index in [1.54, 1.807) is 12.1 Å². The van der Waals surface area contributed by atoms with E-state index in [0.29, 0.717) is 13.1 Å². The number of rotatable bonds is 5. The monoisotopic (exact) mass is 436 g/mol. The Kier molecular flexibility index (Phi) is 6.65. The molecule has 2 aromatic rings. The third kappa shape index (κ3) is 5.10. The van der Waals surface area contributed by atoms with Crippen LogP contribution < -0.4 is 0 Å². The van der Waals surface area contributed by atoms with Crippen molar-refractivity contribution in [2.75, 3.05) is 32.8 Å². The lowest BCUT2D eigenvalue weighted by Crippen LogP contribution is -2.67. The largest absolute Gasteiger partial charge is 0.395 e. The summed E-state index contributed by atoms with van der Waals surface area (Å²) in [6.07, 6.45) is -3.15. The molecule has 3 nitrogen and oxygen atoms in total. The van der Waals surface area contributed by atoms with Crippen molar-refractivity contribution in [2.45, 2.75) is 43.4 Å². The van der Waals surface area contributed by atoms with E-state index in [-0.39, 0.29) is 37.0 Å². The van der Waals surface area contributed by atoms with Gasteiger partial charge in [-0.25, -0.2) is 4.39 Å². The van der Waals surface area contributed by atoms with E-state index in [4.69, 9.17) is 0 Å². The molecule has 2 heterocycles. The summed E-state index contributed by atoms with van der Waals surface area (Å²) in [4.78, 5) is 4.19. The number of aliphatic hydroxyl groups is 1. The van der Waals surface area contributed by atoms with Crippen molar-refractivity contribution in [1.29, 1.82) is 0 Å². The lowest BCUT2D eigenvalue weighted by atomic mass is 9.74. The molecule has 2 fully saturated rings. The van der Waals surface area contributed by atoms with E-state index in [2.05, 4.69) is 4.90 Å². The van der Waals surface area contributed by atoms with Crippen LogP contribution in [0.3, 0.4) is 0 Å². The fraction of sp³-hybridized carbons (Fsp3) is 0.500. The molecule has 0 unspecified atom stereocenters. The van der Waals surface area contributed by atoms with E-state index in [1.165, 1.54) is 12.1 Å². The second-order valence-corrected chi connectivity index (χ2v) is 8.58. The fourth-order valence-electron chi connectivity index (χ4n) is 5.04. The number of alkyl halides is 3. The van der Waals surface area contributed by atoms with Gasteiger partial charge in [-0.05, 0) is 54.8 Å². The van der Waals surface area contributed by atoms with Gasteiger partial charge in [0.1, 0.15) is 5.82 Å². The Balaban J connectivity index is 1.51. The maximum Gasteiger partial charge on any atom is 0.390 e. The van der Waals surface area contributed by atoms with Gasteiger partial charge in [-0.15, -0.1) is 0 Å². The lowest BCUT2D eigenvalue weighted by molar-refractivity contribution is -0.140. The maximum absolute atomic E-state index is 13.2. The zero-order valence-corrected chi connectivity index (χ0v) is 17.4. The van der Waals surface area contributed by atoms with Gasteiger partial charge in [0.05, 0.1) is 13.0 Å². The van der Waals surface area contributed by atoms with Gasteiger partial charge in [0, 0.05) is 31.1 Å². The maximum atomic E-state index is 13.2. The topological polar surface area (TPSA) is 26.7 Å². The van der Waals surface area contributed by atoms with Crippen LogP contribution in [0.1, 0.15) is 30.7 Å². The average molecular weight is 436 g/mol. The molecular weight excluding hydrogens is 408 g/mol. The second kappa shape index (κ2) is 9.27. The van der Waals surface area contributed by atoms with Crippen molar-refractivity contribution in [1.82, 2.24) is 9.80 Å². The van der Waals surface area contributed by atoms with Crippen molar-refractivity contribution >= 4 is 0 Å². The van der Waals surface area contributed by atoms with Crippen LogP contribution in [-0.2, 0) is 0 Å². The number of fused-ring (bicyclic) bond motifs is 1. The first-order valence-corrected chi connectivity index (χ1v) is 10.9. The molecule has 1 N–H and O–H groups in total. The standard InChI is InChI=1S/C24H28F4N2O/c25-20-9-7-18(8-10-20)17-3-5-19(6-4-17)23-21-15-29(14-11-24(26,27)28)12-1-2-13-30(21)22(23)16-31/h3-10,21-23,31H,1-2,11-16H2/t21-,22+,23-/m0/s1. The summed E-state index contributed by atoms with van der Waals surface area (Å²) in [5.74, 6) is -0.196. The molecule has 2 aliphatic heterocycles. The van der Waals surface area contributed by atoms with Crippen molar-refractivity contribution in [3.05, 3.63) is 59.9 Å². The van der Waals surface area contributed by atoms with Crippen LogP contribution in [0.5, 0.6) is 0 Å². The van der Waals surface area contributed by atoms with Gasteiger partial charge >= 0.3 is 6.18 Å². The highest BCUT2D eigenvalue weighted by atomic mass is 19.4. The first-order chi connectivity index (χ1) is 14.9. The molecule has 7 heteroatoms. The summed E-state index contributed by atoms with van der Waals surface area (Å²) in [6.45, 7) is 2.18. The Morgan fingerprint density at radius 1 is 0.903 bits per heavy atom. The summed E-state index contributed by atoms with van der Waals surface area (Å²) >= 11 is 0. The molecule has 0 saturated carbocycles. The first-order valence-electron chi connectivity index (χ1n) is 10.9. The molecule has 168 valence electrons. The van der Waals surface area contributed by atoms with Crippen LogP contribution >= 0.6 is 0 Å². The molecular formula is C24H28F4N2O. The molecule has 3 atom stereocenters. The van der Waals surface area contributed by atoms with E-state index >= 15 is 0 Å². The van der Waals surface area contributed by atoms with Crippen LogP contribution in [0.15, 0.2) is 48.5 Å². The van der Waals surface area contributed by atoms with Crippen LogP contribution in [-0.4, -0.2) is 66.0 Å². The normalized spacial score (nSPS) is 25.4. The second-order valence-electron chi connectivity index (χ2n) is 8.58. The highest BCUT2D eigenvalue weighted by molar-refractivity contribution is 5.63. The van der Waals surface area contributed by atoms with Gasteiger partial charge in [-0.1, -0.05) is 36.4 Å². The molecule has 31 heavy (non-hydrogen) atoms. The molecule has 0 amide bonds. The van der Waals surface area contributed by atoms with Crippen LogP contribution in [0.2, 0.25) is 0 Å². The minimum Gasteiger partial charge on any atom is -0.395 e. The average Bonchev–Trinajstić information content (AvgIpc) is 2.72. The molecule has 0 radical (unpaired) electrons. The summed E-state index contributed by atoms with van der Waals surface area (Å²) in [5, 5.41) is 10.0. The van der Waals surface area contributed by atoms with Gasteiger partial charge in [0.15, 0.2) is 0 Å². The number of hydrogen-bond donors (Lipinski definition) is 1. The van der Waals surface area contributed by atoms with Gasteiger partial charge in [-0.2, -0.15) is 13.2 Å². The number of nitrogens with zero attached hydrogens (tertiary/aromatic N) is 2. The van der Waals surface area contributed by atoms with Crippen molar-refractivity contribution in [3.63, 3.8) is 0 Å². The van der Waals surface area contributed by atoms with Crippen molar-refractivity contribution < 1.29 is 22.7 Å². The number of benzene rings is 2. The zero-order valence-electron chi connectivity index (χ0n) is 17.4. The van der Waals surface area contributed by atoms with Gasteiger partial charge in [-0.3, -0.25) is 4.90 Å². The van der Waals surface area contributed by atoms with Gasteiger partial charge in [0.25, 0.3) is 0 Å². The summed E-state index contributed by atoms with van der Waals surface area (Å²) in [6, 6.07) is 14.5. The molecule has 0 aliphatic carbocycles. The Bertz CT molecular complexity index is 853. The highest BCUT2D eigenvalue weighted by Crippen LogP contribution is 2.42. The van der Waals surface area contributed by atoms with Crippen LogP contribution in [0.25, 0.3) is 11.1 Å². The highest BCUT2D eigenvalue weighted by Gasteiger charge is 2.49. The van der Waals surface area contributed by atoms with E-state index < -0.39 is 12.6 Å². The minimum absolute atomic E-state index is 0.00997. The number of hydrogen-bond acceptors (Lipinski definition) is 3. The predicted octanol–water partition coefficient (Wildman–Crippen LogP) is 4.67.